The third-order valence-corrected chi connectivity index (χ3v) is 6.42. The van der Waals surface area contributed by atoms with Gasteiger partial charge in [-0.05, 0) is 59.9 Å². The molecule has 1 aliphatic heterocycles. The van der Waals surface area contributed by atoms with Crippen LogP contribution < -0.4 is 10.3 Å². The molecule has 0 spiro atoms. The third-order valence-electron chi connectivity index (χ3n) is 6.42. The van der Waals surface area contributed by atoms with Crippen molar-refractivity contribution >= 4 is 28.3 Å². The molecule has 3 aromatic carbocycles. The van der Waals surface area contributed by atoms with E-state index < -0.39 is 6.04 Å². The number of carbonyl (C=O) groups is 2. The molecule has 0 radical (unpaired) electrons. The number of nitrogens with zero attached hydrogens (tertiary/aromatic N) is 1. The fourth-order valence-corrected chi connectivity index (χ4v) is 4.52. The molecule has 4 aromatic rings. The zero-order valence-electron chi connectivity index (χ0n) is 19.6. The van der Waals surface area contributed by atoms with Crippen LogP contribution in [0, 0.1) is 0 Å². The second-order valence-corrected chi connectivity index (χ2v) is 9.72. The van der Waals surface area contributed by atoms with Gasteiger partial charge in [0.1, 0.15) is 5.58 Å². The van der Waals surface area contributed by atoms with Crippen molar-refractivity contribution < 1.29 is 14.0 Å². The normalized spacial score (nSPS) is 15.6. The summed E-state index contributed by atoms with van der Waals surface area (Å²) in [5, 5.41) is 0.444. The number of benzene rings is 3. The highest BCUT2D eigenvalue weighted by Crippen LogP contribution is 2.41. The maximum Gasteiger partial charge on any atom is 0.295 e. The lowest BCUT2D eigenvalue weighted by Crippen LogP contribution is -2.29. The minimum absolute atomic E-state index is 0.0284. The SMILES string of the molecule is CC(=O)c1ccc(N2C(=O)c3oc4ccccc4c(=O)c3C2c2ccc(C(C)(C)C)cc2)cc1. The van der Waals surface area contributed by atoms with Crippen molar-refractivity contribution in [1.82, 2.24) is 0 Å². The van der Waals surface area contributed by atoms with Gasteiger partial charge in [-0.2, -0.15) is 0 Å². The smallest absolute Gasteiger partial charge is 0.295 e. The summed E-state index contributed by atoms with van der Waals surface area (Å²) in [6.45, 7) is 7.92. The molecule has 5 heteroatoms. The zero-order valence-corrected chi connectivity index (χ0v) is 19.6. The Bertz CT molecular complexity index is 1490. The van der Waals surface area contributed by atoms with Crippen LogP contribution in [-0.2, 0) is 5.41 Å². The first-order valence-electron chi connectivity index (χ1n) is 11.3. The second-order valence-electron chi connectivity index (χ2n) is 9.72. The predicted molar refractivity (Wildman–Crippen MR) is 133 cm³/mol. The summed E-state index contributed by atoms with van der Waals surface area (Å²) >= 11 is 0. The first-order chi connectivity index (χ1) is 16.2. The Labute approximate surface area is 197 Å². The lowest BCUT2D eigenvalue weighted by atomic mass is 9.86. The number of anilines is 1. The Morgan fingerprint density at radius 1 is 0.882 bits per heavy atom. The topological polar surface area (TPSA) is 67.6 Å². The van der Waals surface area contributed by atoms with Gasteiger partial charge in [-0.15, -0.1) is 0 Å². The molecule has 0 N–H and O–H groups in total. The maximum atomic E-state index is 13.6. The summed E-state index contributed by atoms with van der Waals surface area (Å²) in [7, 11) is 0. The van der Waals surface area contributed by atoms with E-state index in [-0.39, 0.29) is 28.3 Å². The fourth-order valence-electron chi connectivity index (χ4n) is 4.52. The standard InChI is InChI=1S/C29H25NO4/c1-17(31)18-11-15-21(16-12-18)30-25(19-9-13-20(14-10-19)29(2,3)4)24-26(32)22-7-5-6-8-23(22)34-27(24)28(30)33/h5-16,25H,1-4H3. The number of ketones is 1. The maximum absolute atomic E-state index is 13.6. The quantitative estimate of drug-likeness (QED) is 0.356. The predicted octanol–water partition coefficient (Wildman–Crippen LogP) is 6.04. The molecule has 5 nitrogen and oxygen atoms in total. The van der Waals surface area contributed by atoms with Crippen molar-refractivity contribution in [3.8, 4) is 0 Å². The number of rotatable bonds is 3. The van der Waals surface area contributed by atoms with Gasteiger partial charge >= 0.3 is 0 Å². The molecular weight excluding hydrogens is 426 g/mol. The Balaban J connectivity index is 1.73. The summed E-state index contributed by atoms with van der Waals surface area (Å²) in [5.74, 6) is -0.373. The molecule has 1 amide bonds. The highest BCUT2D eigenvalue weighted by atomic mass is 16.3. The van der Waals surface area contributed by atoms with Crippen molar-refractivity contribution in [3.63, 3.8) is 0 Å². The molecule has 170 valence electrons. The van der Waals surface area contributed by atoms with Crippen LogP contribution >= 0.6 is 0 Å². The summed E-state index contributed by atoms with van der Waals surface area (Å²) in [6, 6.07) is 21.2. The highest BCUT2D eigenvalue weighted by Gasteiger charge is 2.43. The number of Topliss-reactive ketones (excluding diaryl/α,β-unsaturated/α-hetero) is 1. The molecule has 0 bridgehead atoms. The molecule has 0 saturated carbocycles. The number of amides is 1. The van der Waals surface area contributed by atoms with Crippen molar-refractivity contribution in [2.45, 2.75) is 39.2 Å². The van der Waals surface area contributed by atoms with Gasteiger partial charge in [0.15, 0.2) is 11.2 Å². The molecule has 0 fully saturated rings. The average Bonchev–Trinajstić information content (AvgIpc) is 3.11. The molecule has 0 aliphatic carbocycles. The number of para-hydroxylation sites is 1. The molecule has 1 aliphatic rings. The van der Waals surface area contributed by atoms with Gasteiger partial charge in [-0.1, -0.05) is 57.2 Å². The van der Waals surface area contributed by atoms with Gasteiger partial charge in [0, 0.05) is 11.3 Å². The number of fused-ring (bicyclic) bond motifs is 2. The van der Waals surface area contributed by atoms with Crippen LogP contribution in [0.3, 0.4) is 0 Å². The van der Waals surface area contributed by atoms with E-state index in [1.54, 1.807) is 53.4 Å². The van der Waals surface area contributed by atoms with E-state index >= 15 is 0 Å². The summed E-state index contributed by atoms with van der Waals surface area (Å²) < 4.78 is 6.00. The molecular formula is C29H25NO4. The highest BCUT2D eigenvalue weighted by molar-refractivity contribution is 6.10. The van der Waals surface area contributed by atoms with Crippen LogP contribution in [0.5, 0.6) is 0 Å². The van der Waals surface area contributed by atoms with Crippen LogP contribution in [0.25, 0.3) is 11.0 Å². The van der Waals surface area contributed by atoms with E-state index in [2.05, 4.69) is 20.8 Å². The second kappa shape index (κ2) is 7.80. The molecule has 1 atom stereocenters. The molecule has 2 heterocycles. The molecule has 1 unspecified atom stereocenters. The van der Waals surface area contributed by atoms with E-state index in [9.17, 15) is 14.4 Å². The summed E-state index contributed by atoms with van der Waals surface area (Å²) in [4.78, 5) is 40.6. The van der Waals surface area contributed by atoms with Gasteiger partial charge in [0.05, 0.1) is 17.0 Å². The van der Waals surface area contributed by atoms with Gasteiger partial charge in [0.2, 0.25) is 5.76 Å². The van der Waals surface area contributed by atoms with Crippen molar-refractivity contribution in [3.05, 3.63) is 111 Å². The molecule has 1 aromatic heterocycles. The summed E-state index contributed by atoms with van der Waals surface area (Å²) in [6.07, 6.45) is 0. The van der Waals surface area contributed by atoms with Crippen LogP contribution in [0.1, 0.15) is 71.3 Å². The van der Waals surface area contributed by atoms with Gasteiger partial charge < -0.3 is 4.42 Å². The lowest BCUT2D eigenvalue weighted by molar-refractivity contribution is 0.0970. The zero-order chi connectivity index (χ0) is 24.2. The fraction of sp³-hybridized carbons (Fsp3) is 0.207. The number of hydrogen-bond donors (Lipinski definition) is 0. The van der Waals surface area contributed by atoms with E-state index in [0.29, 0.717) is 27.8 Å². The summed E-state index contributed by atoms with van der Waals surface area (Å²) in [5.41, 5.74) is 3.60. The molecule has 34 heavy (non-hydrogen) atoms. The monoisotopic (exact) mass is 451 g/mol. The van der Waals surface area contributed by atoms with Crippen LogP contribution in [0.4, 0.5) is 5.69 Å². The Morgan fingerprint density at radius 3 is 2.15 bits per heavy atom. The Morgan fingerprint density at radius 2 is 1.53 bits per heavy atom. The van der Waals surface area contributed by atoms with Crippen molar-refractivity contribution in [2.24, 2.45) is 0 Å². The minimum atomic E-state index is -0.638. The van der Waals surface area contributed by atoms with Crippen LogP contribution in [0.2, 0.25) is 0 Å². The first-order valence-corrected chi connectivity index (χ1v) is 11.3. The third kappa shape index (κ3) is 3.45. The Hall–Kier alpha value is -3.99. The largest absolute Gasteiger partial charge is 0.450 e. The number of hydrogen-bond acceptors (Lipinski definition) is 4. The van der Waals surface area contributed by atoms with Gasteiger partial charge in [0.25, 0.3) is 5.91 Å². The Kier molecular flexibility index (Phi) is 5.01. The first kappa shape index (κ1) is 21.8. The number of carbonyl (C=O) groups excluding carboxylic acids is 2. The average molecular weight is 452 g/mol. The molecule has 5 rings (SSSR count). The van der Waals surface area contributed by atoms with Gasteiger partial charge in [-0.3, -0.25) is 19.3 Å². The van der Waals surface area contributed by atoms with E-state index in [4.69, 9.17) is 4.42 Å². The van der Waals surface area contributed by atoms with E-state index in [1.807, 2.05) is 24.3 Å². The van der Waals surface area contributed by atoms with Gasteiger partial charge in [-0.25, -0.2) is 0 Å². The molecule has 0 saturated heterocycles. The van der Waals surface area contributed by atoms with Crippen molar-refractivity contribution in [1.29, 1.82) is 0 Å². The lowest BCUT2D eigenvalue weighted by Gasteiger charge is -2.26. The van der Waals surface area contributed by atoms with E-state index in [0.717, 1.165) is 11.1 Å². The van der Waals surface area contributed by atoms with E-state index in [1.165, 1.54) is 6.92 Å². The van der Waals surface area contributed by atoms with Crippen LogP contribution in [0.15, 0.2) is 82.0 Å². The van der Waals surface area contributed by atoms with Crippen molar-refractivity contribution in [2.75, 3.05) is 4.90 Å². The van der Waals surface area contributed by atoms with Crippen LogP contribution in [-0.4, -0.2) is 11.7 Å². The minimum Gasteiger partial charge on any atom is -0.450 e.